The van der Waals surface area contributed by atoms with Crippen molar-refractivity contribution in [1.29, 1.82) is 0 Å². The van der Waals surface area contributed by atoms with Gasteiger partial charge in [0.2, 0.25) is 0 Å². The van der Waals surface area contributed by atoms with E-state index in [-0.39, 0.29) is 5.92 Å². The predicted octanol–water partition coefficient (Wildman–Crippen LogP) is 18.4. The number of furan rings is 2. The lowest BCUT2D eigenvalue weighted by Gasteiger charge is -2.19. The second kappa shape index (κ2) is 16.2. The van der Waals surface area contributed by atoms with Crippen molar-refractivity contribution >= 4 is 65.7 Å². The van der Waals surface area contributed by atoms with Gasteiger partial charge in [-0.2, -0.15) is 0 Å². The maximum atomic E-state index is 6.70. The number of hydrogen-bond acceptors (Lipinski definition) is 3. The summed E-state index contributed by atoms with van der Waals surface area (Å²) in [6.07, 6.45) is 1.95. The number of benzene rings is 10. The lowest BCUT2D eigenvalue weighted by atomic mass is 9.84. The minimum atomic E-state index is 0.236. The maximum Gasteiger partial charge on any atom is 0.136 e. The minimum absolute atomic E-state index is 0.236. The fourth-order valence-electron chi connectivity index (χ4n) is 11.9. The molecule has 72 heavy (non-hydrogen) atoms. The van der Waals surface area contributed by atoms with Gasteiger partial charge in [-0.1, -0.05) is 164 Å². The first-order valence-electron chi connectivity index (χ1n) is 24.9. The molecule has 0 bridgehead atoms. The van der Waals surface area contributed by atoms with Crippen LogP contribution in [0.4, 0.5) is 0 Å². The highest BCUT2D eigenvalue weighted by molar-refractivity contribution is 6.14. The fourth-order valence-corrected chi connectivity index (χ4v) is 11.9. The van der Waals surface area contributed by atoms with Gasteiger partial charge in [-0.05, 0) is 136 Å². The van der Waals surface area contributed by atoms with Gasteiger partial charge < -0.3 is 13.4 Å². The van der Waals surface area contributed by atoms with Crippen molar-refractivity contribution in [3.63, 3.8) is 0 Å². The van der Waals surface area contributed by atoms with Gasteiger partial charge in [0.15, 0.2) is 0 Å². The summed E-state index contributed by atoms with van der Waals surface area (Å²) in [5.41, 5.74) is 22.1. The summed E-state index contributed by atoms with van der Waals surface area (Å²) in [4.78, 5) is 5.42. The van der Waals surface area contributed by atoms with Crippen LogP contribution >= 0.6 is 0 Å². The molecule has 1 aliphatic carbocycles. The van der Waals surface area contributed by atoms with E-state index in [1.165, 1.54) is 60.9 Å². The maximum absolute atomic E-state index is 6.70. The second-order valence-corrected chi connectivity index (χ2v) is 19.3. The van der Waals surface area contributed by atoms with E-state index in [0.717, 1.165) is 95.9 Å². The van der Waals surface area contributed by atoms with E-state index >= 15 is 0 Å². The van der Waals surface area contributed by atoms with Crippen molar-refractivity contribution in [2.75, 3.05) is 0 Å². The van der Waals surface area contributed by atoms with Gasteiger partial charge in [0.05, 0.1) is 22.4 Å². The standard InChI is InChI=1S/C68H44N2O2/c1-4-15-42(16-5-1)49-32-34-55-51(33-35-56-52-21-10-12-24-62(52)70(68(55)56)48-19-8-3-9-20-48)58-37-44(27-30-50(49)58)45-29-36-64-59(38-45)67-57(23-14-26-65(67)71-64)61-40-47(39-60(69-61)43-17-6-2-7-18-43)46-28-31-54-53-22-11-13-25-63(53)72-66(54)41-46/h1-31,33,35-41,49H,32,34H2. The van der Waals surface area contributed by atoms with E-state index in [1.807, 2.05) is 12.1 Å². The van der Waals surface area contributed by atoms with Crippen LogP contribution in [0.3, 0.4) is 0 Å². The van der Waals surface area contributed by atoms with Crippen LogP contribution in [-0.4, -0.2) is 9.55 Å². The second-order valence-electron chi connectivity index (χ2n) is 19.3. The Labute approximate surface area is 415 Å². The van der Waals surface area contributed by atoms with Crippen LogP contribution in [0.25, 0.3) is 127 Å². The molecule has 0 saturated heterocycles. The molecule has 14 aromatic rings. The number of fused-ring (bicyclic) bond motifs is 13. The normalized spacial score (nSPS) is 13.6. The quantitative estimate of drug-likeness (QED) is 0.167. The van der Waals surface area contributed by atoms with Crippen LogP contribution in [0.15, 0.2) is 245 Å². The number of pyridine rings is 1. The summed E-state index contributed by atoms with van der Waals surface area (Å²) in [5.74, 6) is 0.236. The highest BCUT2D eigenvalue weighted by atomic mass is 16.3. The zero-order valence-corrected chi connectivity index (χ0v) is 39.2. The molecule has 4 heterocycles. The molecular formula is C68H44N2O2. The van der Waals surface area contributed by atoms with Crippen molar-refractivity contribution in [2.24, 2.45) is 0 Å². The molecule has 10 aromatic carbocycles. The lowest BCUT2D eigenvalue weighted by Crippen LogP contribution is -2.02. The van der Waals surface area contributed by atoms with Crippen LogP contribution in [0.2, 0.25) is 0 Å². The average molecular weight is 921 g/mol. The first-order valence-corrected chi connectivity index (χ1v) is 24.9. The van der Waals surface area contributed by atoms with E-state index in [2.05, 4.69) is 229 Å². The Morgan fingerprint density at radius 1 is 0.389 bits per heavy atom. The topological polar surface area (TPSA) is 44.1 Å². The van der Waals surface area contributed by atoms with E-state index in [0.29, 0.717) is 0 Å². The Balaban J connectivity index is 0.911. The molecule has 338 valence electrons. The van der Waals surface area contributed by atoms with E-state index in [9.17, 15) is 0 Å². The van der Waals surface area contributed by atoms with Gasteiger partial charge >= 0.3 is 0 Å². The predicted molar refractivity (Wildman–Crippen MR) is 297 cm³/mol. The molecule has 0 saturated carbocycles. The minimum Gasteiger partial charge on any atom is -0.456 e. The van der Waals surface area contributed by atoms with Crippen LogP contribution < -0.4 is 0 Å². The van der Waals surface area contributed by atoms with Crippen molar-refractivity contribution in [3.8, 4) is 61.6 Å². The van der Waals surface area contributed by atoms with Crippen LogP contribution in [-0.2, 0) is 6.42 Å². The Hall–Kier alpha value is -9.25. The highest BCUT2D eigenvalue weighted by Crippen LogP contribution is 2.48. The molecule has 0 aliphatic heterocycles. The summed E-state index contributed by atoms with van der Waals surface area (Å²) < 4.78 is 15.6. The van der Waals surface area contributed by atoms with E-state index < -0.39 is 0 Å². The third kappa shape index (κ3) is 6.42. The molecule has 1 unspecified atom stereocenters. The van der Waals surface area contributed by atoms with Crippen molar-refractivity contribution in [3.05, 3.63) is 253 Å². The molecule has 1 atom stereocenters. The third-order valence-electron chi connectivity index (χ3n) is 15.3. The zero-order valence-electron chi connectivity index (χ0n) is 39.2. The van der Waals surface area contributed by atoms with Crippen molar-refractivity contribution in [2.45, 2.75) is 18.8 Å². The Morgan fingerprint density at radius 3 is 1.92 bits per heavy atom. The molecule has 0 fully saturated rings. The number of aryl methyl sites for hydroxylation is 1. The number of aromatic nitrogens is 2. The Morgan fingerprint density at radius 2 is 1.04 bits per heavy atom. The number of rotatable bonds is 6. The molecule has 4 aromatic heterocycles. The Kier molecular flexibility index (Phi) is 9.12. The highest BCUT2D eigenvalue weighted by Gasteiger charge is 2.28. The smallest absolute Gasteiger partial charge is 0.136 e. The largest absolute Gasteiger partial charge is 0.456 e. The van der Waals surface area contributed by atoms with Gasteiger partial charge in [-0.15, -0.1) is 0 Å². The summed E-state index contributed by atoms with van der Waals surface area (Å²) in [7, 11) is 0. The van der Waals surface area contributed by atoms with Gasteiger partial charge in [-0.25, -0.2) is 4.98 Å². The van der Waals surface area contributed by atoms with E-state index in [4.69, 9.17) is 13.8 Å². The lowest BCUT2D eigenvalue weighted by molar-refractivity contribution is 0.668. The van der Waals surface area contributed by atoms with Gasteiger partial charge in [0, 0.05) is 55.0 Å². The molecule has 15 rings (SSSR count). The van der Waals surface area contributed by atoms with E-state index in [1.54, 1.807) is 0 Å². The van der Waals surface area contributed by atoms with Crippen molar-refractivity contribution in [1.82, 2.24) is 9.55 Å². The SMILES string of the molecule is c1ccc(-c2cc(-c3ccc4c(c3)oc3ccccc34)cc(-c3cccc4oc5ccc(-c6ccc7c(c6)-c6ccc8c9ccccc9n(-c9ccccc9)c8c6CCC7c6ccccc6)cc5c34)n2)cc1. The molecule has 0 radical (unpaired) electrons. The average Bonchev–Trinajstić information content (AvgIpc) is 4.09. The summed E-state index contributed by atoms with van der Waals surface area (Å²) >= 11 is 0. The monoisotopic (exact) mass is 920 g/mol. The number of nitrogens with zero attached hydrogens (tertiary/aromatic N) is 2. The molecule has 0 N–H and O–H groups in total. The molecule has 1 aliphatic rings. The third-order valence-corrected chi connectivity index (χ3v) is 15.3. The van der Waals surface area contributed by atoms with Gasteiger partial charge in [0.25, 0.3) is 0 Å². The number of para-hydroxylation sites is 3. The van der Waals surface area contributed by atoms with Crippen molar-refractivity contribution < 1.29 is 8.83 Å². The molecule has 4 nitrogen and oxygen atoms in total. The van der Waals surface area contributed by atoms with Crippen LogP contribution in [0.1, 0.15) is 29.0 Å². The molecule has 4 heteroatoms. The molecular weight excluding hydrogens is 877 g/mol. The summed E-state index contributed by atoms with van der Waals surface area (Å²) in [6, 6.07) is 85.5. The first-order chi connectivity index (χ1) is 35.7. The van der Waals surface area contributed by atoms with Crippen LogP contribution in [0.5, 0.6) is 0 Å². The van der Waals surface area contributed by atoms with Crippen LogP contribution in [0, 0.1) is 0 Å². The summed E-state index contributed by atoms with van der Waals surface area (Å²) in [5, 5.41) is 6.90. The van der Waals surface area contributed by atoms with Gasteiger partial charge in [-0.3, -0.25) is 0 Å². The fraction of sp³-hybridized carbons (Fsp3) is 0.0441. The first kappa shape index (κ1) is 40.6. The summed E-state index contributed by atoms with van der Waals surface area (Å²) in [6.45, 7) is 0. The molecule has 0 spiro atoms. The number of hydrogen-bond donors (Lipinski definition) is 0. The zero-order chi connectivity index (χ0) is 47.3. The Bertz CT molecular complexity index is 4450. The molecule has 0 amide bonds. The van der Waals surface area contributed by atoms with Gasteiger partial charge in [0.1, 0.15) is 22.3 Å².